The molecule has 1 aliphatic rings. The lowest BCUT2D eigenvalue weighted by Gasteiger charge is -2.38. The van der Waals surface area contributed by atoms with Gasteiger partial charge in [0.2, 0.25) is 0 Å². The van der Waals surface area contributed by atoms with Crippen LogP contribution in [0.5, 0.6) is 0 Å². The molecule has 5 heteroatoms. The molecule has 0 aromatic carbocycles. The van der Waals surface area contributed by atoms with Crippen molar-refractivity contribution in [1.82, 2.24) is 0 Å². The van der Waals surface area contributed by atoms with E-state index in [9.17, 15) is 5.11 Å². The van der Waals surface area contributed by atoms with Crippen molar-refractivity contribution in [2.75, 3.05) is 27.9 Å². The Labute approximate surface area is 77.5 Å². The molecule has 1 N–H and O–H groups in total. The molecule has 0 aromatic heterocycles. The van der Waals surface area contributed by atoms with Crippen LogP contribution in [0.25, 0.3) is 0 Å². The fourth-order valence-electron chi connectivity index (χ4n) is 1.50. The second-order valence-corrected chi connectivity index (χ2v) is 2.90. The van der Waals surface area contributed by atoms with E-state index in [0.717, 1.165) is 0 Å². The summed E-state index contributed by atoms with van der Waals surface area (Å²) in [6.45, 7) is 0.316. The SMILES string of the molecule is CO[C@H]1[C@H](OC)COC(O)[C@@H]1OC. The lowest BCUT2D eigenvalue weighted by Crippen LogP contribution is -2.55. The number of rotatable bonds is 3. The average Bonchev–Trinajstić information content (AvgIpc) is 2.17. The van der Waals surface area contributed by atoms with Crippen molar-refractivity contribution in [3.05, 3.63) is 0 Å². The predicted octanol–water partition coefficient (Wildman–Crippen LogP) is -0.620. The molecule has 5 nitrogen and oxygen atoms in total. The fourth-order valence-corrected chi connectivity index (χ4v) is 1.50. The van der Waals surface area contributed by atoms with Crippen molar-refractivity contribution in [1.29, 1.82) is 0 Å². The molecular weight excluding hydrogens is 176 g/mol. The molecule has 1 rings (SSSR count). The van der Waals surface area contributed by atoms with Gasteiger partial charge in [0.25, 0.3) is 0 Å². The molecule has 0 aromatic rings. The van der Waals surface area contributed by atoms with Gasteiger partial charge in [0.1, 0.15) is 18.3 Å². The van der Waals surface area contributed by atoms with Crippen molar-refractivity contribution < 1.29 is 24.1 Å². The van der Waals surface area contributed by atoms with Gasteiger partial charge in [0, 0.05) is 21.3 Å². The minimum absolute atomic E-state index is 0.196. The van der Waals surface area contributed by atoms with Gasteiger partial charge in [0.05, 0.1) is 6.61 Å². The maximum atomic E-state index is 9.40. The largest absolute Gasteiger partial charge is 0.376 e. The van der Waals surface area contributed by atoms with Gasteiger partial charge in [-0.1, -0.05) is 0 Å². The van der Waals surface area contributed by atoms with E-state index in [0.29, 0.717) is 6.61 Å². The van der Waals surface area contributed by atoms with E-state index in [4.69, 9.17) is 18.9 Å². The van der Waals surface area contributed by atoms with E-state index in [1.807, 2.05) is 0 Å². The predicted molar refractivity (Wildman–Crippen MR) is 44.3 cm³/mol. The molecule has 1 heterocycles. The zero-order valence-electron chi connectivity index (χ0n) is 8.10. The van der Waals surface area contributed by atoms with Crippen LogP contribution in [-0.2, 0) is 18.9 Å². The molecule has 0 bridgehead atoms. The quantitative estimate of drug-likeness (QED) is 0.646. The molecule has 1 fully saturated rings. The summed E-state index contributed by atoms with van der Waals surface area (Å²) in [5, 5.41) is 9.40. The molecule has 4 atom stereocenters. The lowest BCUT2D eigenvalue weighted by molar-refractivity contribution is -0.267. The number of aliphatic hydroxyl groups excluding tert-OH is 1. The molecule has 0 spiro atoms. The molecule has 0 radical (unpaired) electrons. The Morgan fingerprint density at radius 3 is 2.15 bits per heavy atom. The average molecular weight is 192 g/mol. The van der Waals surface area contributed by atoms with Gasteiger partial charge in [-0.3, -0.25) is 0 Å². The summed E-state index contributed by atoms with van der Waals surface area (Å²) >= 11 is 0. The van der Waals surface area contributed by atoms with Crippen LogP contribution in [0.3, 0.4) is 0 Å². The van der Waals surface area contributed by atoms with Crippen LogP contribution >= 0.6 is 0 Å². The number of methoxy groups -OCH3 is 3. The molecule has 0 amide bonds. The maximum Gasteiger partial charge on any atom is 0.183 e. The van der Waals surface area contributed by atoms with E-state index >= 15 is 0 Å². The Bertz CT molecular complexity index is 151. The Hall–Kier alpha value is -0.200. The van der Waals surface area contributed by atoms with E-state index in [-0.39, 0.29) is 12.2 Å². The first-order valence-corrected chi connectivity index (χ1v) is 4.12. The zero-order valence-corrected chi connectivity index (χ0v) is 8.10. The van der Waals surface area contributed by atoms with Crippen LogP contribution in [0.1, 0.15) is 0 Å². The second kappa shape index (κ2) is 4.88. The summed E-state index contributed by atoms with van der Waals surface area (Å²) in [5.41, 5.74) is 0. The fraction of sp³-hybridized carbons (Fsp3) is 1.00. The van der Waals surface area contributed by atoms with Gasteiger partial charge in [-0.2, -0.15) is 0 Å². The van der Waals surface area contributed by atoms with Crippen LogP contribution in [0.4, 0.5) is 0 Å². The number of hydrogen-bond donors (Lipinski definition) is 1. The van der Waals surface area contributed by atoms with Crippen LogP contribution < -0.4 is 0 Å². The normalized spacial score (nSPS) is 40.6. The van der Waals surface area contributed by atoms with E-state index in [1.165, 1.54) is 7.11 Å². The number of aliphatic hydroxyl groups is 1. The summed E-state index contributed by atoms with van der Waals surface area (Å²) in [6.07, 6.45) is -1.93. The van der Waals surface area contributed by atoms with E-state index in [2.05, 4.69) is 0 Å². The monoisotopic (exact) mass is 192 g/mol. The highest BCUT2D eigenvalue weighted by atomic mass is 16.7. The molecule has 1 saturated heterocycles. The third-order valence-corrected chi connectivity index (χ3v) is 2.25. The van der Waals surface area contributed by atoms with Crippen molar-refractivity contribution >= 4 is 0 Å². The van der Waals surface area contributed by atoms with Crippen LogP contribution in [0.2, 0.25) is 0 Å². The topological polar surface area (TPSA) is 57.2 Å². The molecule has 1 unspecified atom stereocenters. The standard InChI is InChI=1S/C8H16O5/c1-10-5-4-13-8(9)7(12-3)6(5)11-2/h5-9H,4H2,1-3H3/t5-,6+,7-,8?/m1/s1. The second-order valence-electron chi connectivity index (χ2n) is 2.90. The molecule has 13 heavy (non-hydrogen) atoms. The summed E-state index contributed by atoms with van der Waals surface area (Å²) in [4.78, 5) is 0. The van der Waals surface area contributed by atoms with Crippen LogP contribution in [-0.4, -0.2) is 57.6 Å². The van der Waals surface area contributed by atoms with E-state index in [1.54, 1.807) is 14.2 Å². The third-order valence-electron chi connectivity index (χ3n) is 2.25. The zero-order chi connectivity index (χ0) is 9.84. The van der Waals surface area contributed by atoms with Crippen molar-refractivity contribution in [3.63, 3.8) is 0 Å². The maximum absolute atomic E-state index is 9.40. The Morgan fingerprint density at radius 2 is 1.69 bits per heavy atom. The van der Waals surface area contributed by atoms with Gasteiger partial charge in [-0.25, -0.2) is 0 Å². The first-order chi connectivity index (χ1) is 6.24. The highest BCUT2D eigenvalue weighted by Crippen LogP contribution is 2.20. The van der Waals surface area contributed by atoms with Crippen LogP contribution in [0, 0.1) is 0 Å². The molecule has 0 saturated carbocycles. The summed E-state index contributed by atoms with van der Waals surface area (Å²) in [6, 6.07) is 0. The van der Waals surface area contributed by atoms with Gasteiger partial charge in [-0.15, -0.1) is 0 Å². The van der Waals surface area contributed by atoms with E-state index < -0.39 is 12.4 Å². The van der Waals surface area contributed by atoms with Gasteiger partial charge in [0.15, 0.2) is 6.29 Å². The van der Waals surface area contributed by atoms with Gasteiger partial charge >= 0.3 is 0 Å². The smallest absolute Gasteiger partial charge is 0.183 e. The van der Waals surface area contributed by atoms with Crippen molar-refractivity contribution in [2.45, 2.75) is 24.6 Å². The minimum Gasteiger partial charge on any atom is -0.376 e. The highest BCUT2D eigenvalue weighted by Gasteiger charge is 2.40. The minimum atomic E-state index is -0.943. The Morgan fingerprint density at radius 1 is 1.08 bits per heavy atom. The summed E-state index contributed by atoms with van der Waals surface area (Å²) in [5.74, 6) is 0. The Balaban J connectivity index is 2.64. The van der Waals surface area contributed by atoms with Crippen LogP contribution in [0.15, 0.2) is 0 Å². The Kier molecular flexibility index (Phi) is 4.08. The van der Waals surface area contributed by atoms with Crippen molar-refractivity contribution in [3.8, 4) is 0 Å². The first-order valence-electron chi connectivity index (χ1n) is 4.12. The molecule has 78 valence electrons. The van der Waals surface area contributed by atoms with Gasteiger partial charge < -0.3 is 24.1 Å². The number of hydrogen-bond acceptors (Lipinski definition) is 5. The first kappa shape index (κ1) is 10.9. The molecule has 0 aliphatic carbocycles. The molecular formula is C8H16O5. The summed E-state index contributed by atoms with van der Waals surface area (Å²) in [7, 11) is 4.63. The van der Waals surface area contributed by atoms with Gasteiger partial charge in [-0.05, 0) is 0 Å². The lowest BCUT2D eigenvalue weighted by atomic mass is 10.1. The van der Waals surface area contributed by atoms with Crippen molar-refractivity contribution in [2.24, 2.45) is 0 Å². The molecule has 1 aliphatic heterocycles. The number of ether oxygens (including phenoxy) is 4. The summed E-state index contributed by atoms with van der Waals surface area (Å²) < 4.78 is 20.4. The third kappa shape index (κ3) is 2.18. The highest BCUT2D eigenvalue weighted by molar-refractivity contribution is 4.85.